The highest BCUT2D eigenvalue weighted by Crippen LogP contribution is 2.34. The minimum atomic E-state index is -1.76. The van der Waals surface area contributed by atoms with Gasteiger partial charge in [-0.2, -0.15) is 0 Å². The highest BCUT2D eigenvalue weighted by atomic mass is 32.2. The average molecular weight is 382 g/mol. The van der Waals surface area contributed by atoms with Crippen LogP contribution in [-0.2, 0) is 15.5 Å². The van der Waals surface area contributed by atoms with Crippen molar-refractivity contribution >= 4 is 10.8 Å². The quantitative estimate of drug-likeness (QED) is 0.603. The van der Waals surface area contributed by atoms with E-state index in [0.29, 0.717) is 10.6 Å². The number of benzene rings is 1. The molecule has 5 atom stereocenters. The standard InChI is InChI=1S/C16H18N2O7S/c1-24-9-2-4-10(5-3-9)26(23)14-13(21)11(8-19)25-15(14)18-7-6-12(20)17-16(18)22/h2-7,11,13-15,19,21H,8H2,1H3,(H,17,20,22)/t11-,13-,14-,15-,26?/m1/s1. The number of aliphatic hydroxyl groups excluding tert-OH is 2. The lowest BCUT2D eigenvalue weighted by Crippen LogP contribution is -2.40. The normalized spacial score (nSPS) is 26.6. The maximum Gasteiger partial charge on any atom is 0.330 e. The van der Waals surface area contributed by atoms with Crippen LogP contribution in [-0.4, -0.2) is 55.1 Å². The average Bonchev–Trinajstić information content (AvgIpc) is 2.97. The van der Waals surface area contributed by atoms with Crippen LogP contribution in [0.15, 0.2) is 51.0 Å². The molecule has 1 aromatic heterocycles. The van der Waals surface area contributed by atoms with Gasteiger partial charge in [-0.15, -0.1) is 0 Å². The zero-order valence-electron chi connectivity index (χ0n) is 13.8. The van der Waals surface area contributed by atoms with E-state index in [0.717, 1.165) is 10.6 Å². The van der Waals surface area contributed by atoms with Crippen LogP contribution in [0.1, 0.15) is 6.23 Å². The lowest BCUT2D eigenvalue weighted by Gasteiger charge is -2.21. The van der Waals surface area contributed by atoms with E-state index in [2.05, 4.69) is 4.98 Å². The van der Waals surface area contributed by atoms with Gasteiger partial charge in [-0.3, -0.25) is 18.6 Å². The third kappa shape index (κ3) is 3.36. The van der Waals surface area contributed by atoms with Crippen molar-refractivity contribution in [2.45, 2.75) is 28.6 Å². The van der Waals surface area contributed by atoms with Gasteiger partial charge in [-0.05, 0) is 24.3 Å². The molecule has 10 heteroatoms. The van der Waals surface area contributed by atoms with Crippen LogP contribution >= 0.6 is 0 Å². The first kappa shape index (κ1) is 18.5. The number of H-pyrrole nitrogens is 1. The van der Waals surface area contributed by atoms with Crippen LogP contribution in [0.3, 0.4) is 0 Å². The minimum Gasteiger partial charge on any atom is -0.497 e. The number of aromatic amines is 1. The summed E-state index contributed by atoms with van der Waals surface area (Å²) in [5.74, 6) is 0.579. The van der Waals surface area contributed by atoms with Crippen molar-refractivity contribution in [2.24, 2.45) is 0 Å². The molecule has 0 radical (unpaired) electrons. The molecule has 1 aliphatic heterocycles. The lowest BCUT2D eigenvalue weighted by molar-refractivity contribution is -0.0457. The number of nitrogens with zero attached hydrogens (tertiary/aromatic N) is 1. The van der Waals surface area contributed by atoms with E-state index in [1.54, 1.807) is 24.3 Å². The van der Waals surface area contributed by atoms with Gasteiger partial charge in [0, 0.05) is 17.2 Å². The number of hydrogen-bond acceptors (Lipinski definition) is 7. The predicted octanol–water partition coefficient (Wildman–Crippen LogP) is -1.03. The van der Waals surface area contributed by atoms with Gasteiger partial charge < -0.3 is 19.7 Å². The second-order valence-electron chi connectivity index (χ2n) is 5.69. The van der Waals surface area contributed by atoms with E-state index in [1.807, 2.05) is 0 Å². The molecule has 0 spiro atoms. The van der Waals surface area contributed by atoms with Crippen molar-refractivity contribution < 1.29 is 23.9 Å². The second-order valence-corrected chi connectivity index (χ2v) is 7.30. The minimum absolute atomic E-state index is 0.402. The van der Waals surface area contributed by atoms with Gasteiger partial charge in [-0.1, -0.05) is 0 Å². The van der Waals surface area contributed by atoms with E-state index in [9.17, 15) is 24.0 Å². The lowest BCUT2D eigenvalue weighted by atomic mass is 10.2. The molecule has 1 saturated heterocycles. The molecule has 3 rings (SSSR count). The Bertz CT molecular complexity index is 908. The molecule has 0 aliphatic carbocycles. The topological polar surface area (TPSA) is 131 Å². The van der Waals surface area contributed by atoms with Crippen molar-refractivity contribution in [2.75, 3.05) is 13.7 Å². The summed E-state index contributed by atoms with van der Waals surface area (Å²) in [6.07, 6.45) is -2.19. The maximum atomic E-state index is 13.0. The van der Waals surface area contributed by atoms with Crippen LogP contribution in [0.4, 0.5) is 0 Å². The first-order valence-electron chi connectivity index (χ1n) is 7.76. The van der Waals surface area contributed by atoms with Gasteiger partial charge in [0.1, 0.15) is 23.2 Å². The summed E-state index contributed by atoms with van der Waals surface area (Å²) in [5.41, 5.74) is -1.35. The van der Waals surface area contributed by atoms with Crippen molar-refractivity contribution in [3.8, 4) is 5.75 Å². The maximum absolute atomic E-state index is 13.0. The molecular formula is C16H18N2O7S. The Balaban J connectivity index is 2.00. The molecule has 1 fully saturated rings. The molecule has 2 aromatic rings. The molecule has 1 aliphatic rings. The van der Waals surface area contributed by atoms with Gasteiger partial charge in [0.25, 0.3) is 5.56 Å². The summed E-state index contributed by atoms with van der Waals surface area (Å²) >= 11 is 0. The Morgan fingerprint density at radius 1 is 1.27 bits per heavy atom. The third-order valence-corrected chi connectivity index (χ3v) is 5.90. The molecule has 1 unspecified atom stereocenters. The van der Waals surface area contributed by atoms with E-state index in [1.165, 1.54) is 13.3 Å². The third-order valence-electron chi connectivity index (χ3n) is 4.16. The monoisotopic (exact) mass is 382 g/mol. The molecule has 0 bridgehead atoms. The van der Waals surface area contributed by atoms with E-state index >= 15 is 0 Å². The number of rotatable bonds is 5. The van der Waals surface area contributed by atoms with E-state index < -0.39 is 52.3 Å². The Labute approximate surface area is 150 Å². The first-order valence-corrected chi connectivity index (χ1v) is 8.98. The predicted molar refractivity (Wildman–Crippen MR) is 91.5 cm³/mol. The summed E-state index contributed by atoms with van der Waals surface area (Å²) in [7, 11) is -0.254. The molecule has 140 valence electrons. The zero-order valence-corrected chi connectivity index (χ0v) is 14.6. The van der Waals surface area contributed by atoms with Gasteiger partial charge >= 0.3 is 5.69 Å². The van der Waals surface area contributed by atoms with Crippen LogP contribution < -0.4 is 16.0 Å². The van der Waals surface area contributed by atoms with Gasteiger partial charge in [0.05, 0.1) is 24.5 Å². The molecule has 0 amide bonds. The van der Waals surface area contributed by atoms with Crippen LogP contribution in [0, 0.1) is 0 Å². The number of aliphatic hydroxyl groups is 2. The Kier molecular flexibility index (Phi) is 5.37. The van der Waals surface area contributed by atoms with Crippen molar-refractivity contribution in [3.05, 3.63) is 57.4 Å². The number of methoxy groups -OCH3 is 1. The molecule has 3 N–H and O–H groups in total. The van der Waals surface area contributed by atoms with E-state index in [-0.39, 0.29) is 0 Å². The highest BCUT2D eigenvalue weighted by molar-refractivity contribution is 7.85. The largest absolute Gasteiger partial charge is 0.497 e. The van der Waals surface area contributed by atoms with Crippen LogP contribution in [0.25, 0.3) is 0 Å². The zero-order chi connectivity index (χ0) is 18.8. The first-order chi connectivity index (χ1) is 12.5. The molecular weight excluding hydrogens is 364 g/mol. The molecule has 9 nitrogen and oxygen atoms in total. The SMILES string of the molecule is COc1ccc(S(=O)[C@@H]2[C@H](O)[C@@H](CO)O[C@H]2n2ccc(=O)[nH]c2=O)cc1. The van der Waals surface area contributed by atoms with Crippen molar-refractivity contribution in [1.82, 2.24) is 9.55 Å². The van der Waals surface area contributed by atoms with Crippen molar-refractivity contribution in [1.29, 1.82) is 0 Å². The smallest absolute Gasteiger partial charge is 0.330 e. The summed E-state index contributed by atoms with van der Waals surface area (Å²) in [5, 5.41) is 18.9. The Hall–Kier alpha value is -2.27. The van der Waals surface area contributed by atoms with Gasteiger partial charge in [0.15, 0.2) is 6.23 Å². The second kappa shape index (κ2) is 7.54. The van der Waals surface area contributed by atoms with Crippen LogP contribution in [0.2, 0.25) is 0 Å². The number of ether oxygens (including phenoxy) is 2. The fourth-order valence-corrected chi connectivity index (χ4v) is 4.37. The molecule has 2 heterocycles. The Morgan fingerprint density at radius 2 is 1.96 bits per heavy atom. The number of aromatic nitrogens is 2. The number of nitrogens with one attached hydrogen (secondary N) is 1. The van der Waals surface area contributed by atoms with Crippen LogP contribution in [0.5, 0.6) is 5.75 Å². The highest BCUT2D eigenvalue weighted by Gasteiger charge is 2.48. The molecule has 0 saturated carbocycles. The number of hydrogen-bond donors (Lipinski definition) is 3. The summed E-state index contributed by atoms with van der Waals surface area (Å²) < 4.78 is 24.7. The summed E-state index contributed by atoms with van der Waals surface area (Å²) in [6.45, 7) is -0.508. The van der Waals surface area contributed by atoms with E-state index in [4.69, 9.17) is 9.47 Å². The van der Waals surface area contributed by atoms with Gasteiger partial charge in [0.2, 0.25) is 0 Å². The summed E-state index contributed by atoms with van der Waals surface area (Å²) in [4.78, 5) is 25.8. The molecule has 1 aromatic carbocycles. The van der Waals surface area contributed by atoms with Crippen molar-refractivity contribution in [3.63, 3.8) is 0 Å². The molecule has 26 heavy (non-hydrogen) atoms. The fourth-order valence-electron chi connectivity index (χ4n) is 2.82. The summed E-state index contributed by atoms with van der Waals surface area (Å²) in [6, 6.07) is 7.54. The van der Waals surface area contributed by atoms with Gasteiger partial charge in [-0.25, -0.2) is 4.79 Å². The fraction of sp³-hybridized carbons (Fsp3) is 0.375. The Morgan fingerprint density at radius 3 is 2.54 bits per heavy atom.